The highest BCUT2D eigenvalue weighted by Crippen LogP contribution is 2.04. The van der Waals surface area contributed by atoms with E-state index in [0.717, 1.165) is 0 Å². The molecule has 11 heavy (non-hydrogen) atoms. The van der Waals surface area contributed by atoms with E-state index in [1.165, 1.54) is 4.80 Å². The van der Waals surface area contributed by atoms with Crippen molar-refractivity contribution in [2.75, 3.05) is 11.9 Å². The zero-order valence-electron chi connectivity index (χ0n) is 7.31. The van der Waals surface area contributed by atoms with Crippen LogP contribution in [0.1, 0.15) is 13.8 Å². The normalized spacial score (nSPS) is 10.6. The molecule has 0 saturated carbocycles. The third-order valence-corrected chi connectivity index (χ3v) is 1.59. The van der Waals surface area contributed by atoms with Crippen molar-refractivity contribution in [3.05, 3.63) is 0 Å². The van der Waals surface area contributed by atoms with Crippen LogP contribution in [0.15, 0.2) is 0 Å². The molecule has 5 heteroatoms. The van der Waals surface area contributed by atoms with Crippen molar-refractivity contribution >= 4 is 5.95 Å². The molecule has 0 aliphatic heterocycles. The predicted octanol–water partition coefficient (Wildman–Crippen LogP) is 0.0547. The van der Waals surface area contributed by atoms with Crippen molar-refractivity contribution in [3.8, 4) is 0 Å². The topological polar surface area (TPSA) is 46.8 Å². The molecule has 1 heterocycles. The van der Waals surface area contributed by atoms with E-state index in [1.54, 1.807) is 7.05 Å². The van der Waals surface area contributed by atoms with Gasteiger partial charge in [0.25, 0.3) is 5.95 Å². The smallest absolute Gasteiger partial charge is 0.266 e. The third kappa shape index (κ3) is 1.66. The van der Waals surface area contributed by atoms with Crippen LogP contribution in [0, 0.1) is 0 Å². The molecule has 0 N–H and O–H groups in total. The summed E-state index contributed by atoms with van der Waals surface area (Å²) < 4.78 is 0. The second-order valence-corrected chi connectivity index (χ2v) is 2.78. The van der Waals surface area contributed by atoms with Gasteiger partial charge in [-0.2, -0.15) is 4.80 Å². The van der Waals surface area contributed by atoms with Crippen LogP contribution in [0.25, 0.3) is 0 Å². The first-order chi connectivity index (χ1) is 5.11. The molecule has 1 aromatic heterocycles. The Balaban J connectivity index is 2.76. The van der Waals surface area contributed by atoms with Gasteiger partial charge in [-0.05, 0) is 19.1 Å². The van der Waals surface area contributed by atoms with Crippen molar-refractivity contribution in [3.63, 3.8) is 0 Å². The highest BCUT2D eigenvalue weighted by molar-refractivity contribution is 5.25. The van der Waals surface area contributed by atoms with Crippen molar-refractivity contribution in [1.29, 1.82) is 0 Å². The van der Waals surface area contributed by atoms with E-state index < -0.39 is 0 Å². The van der Waals surface area contributed by atoms with E-state index in [9.17, 15) is 0 Å². The average Bonchev–Trinajstić information content (AvgIpc) is 2.34. The maximum absolute atomic E-state index is 4.05. The van der Waals surface area contributed by atoms with Crippen molar-refractivity contribution in [1.82, 2.24) is 20.2 Å². The van der Waals surface area contributed by atoms with Gasteiger partial charge in [-0.15, -0.1) is 5.10 Å². The van der Waals surface area contributed by atoms with Crippen LogP contribution >= 0.6 is 0 Å². The van der Waals surface area contributed by atoms with E-state index >= 15 is 0 Å². The summed E-state index contributed by atoms with van der Waals surface area (Å²) >= 11 is 0. The molecule has 0 aromatic carbocycles. The van der Waals surface area contributed by atoms with Gasteiger partial charge in [0.05, 0.1) is 7.05 Å². The van der Waals surface area contributed by atoms with Gasteiger partial charge in [0.15, 0.2) is 0 Å². The first kappa shape index (κ1) is 7.97. The van der Waals surface area contributed by atoms with Gasteiger partial charge in [-0.1, -0.05) is 5.10 Å². The van der Waals surface area contributed by atoms with Gasteiger partial charge in [0, 0.05) is 13.1 Å². The van der Waals surface area contributed by atoms with Crippen molar-refractivity contribution in [2.45, 2.75) is 19.9 Å². The lowest BCUT2D eigenvalue weighted by Gasteiger charge is -2.17. The Morgan fingerprint density at radius 2 is 2.09 bits per heavy atom. The summed E-state index contributed by atoms with van der Waals surface area (Å²) in [6, 6.07) is 0.402. The van der Waals surface area contributed by atoms with Gasteiger partial charge in [0.2, 0.25) is 0 Å². The molecular formula is C6H13N5. The van der Waals surface area contributed by atoms with E-state index in [-0.39, 0.29) is 0 Å². The van der Waals surface area contributed by atoms with Crippen LogP contribution in [0.5, 0.6) is 0 Å². The Bertz CT molecular complexity index is 229. The fraction of sp³-hybridized carbons (Fsp3) is 0.833. The lowest BCUT2D eigenvalue weighted by atomic mass is 10.4. The van der Waals surface area contributed by atoms with Crippen LogP contribution in [-0.2, 0) is 7.05 Å². The zero-order chi connectivity index (χ0) is 8.43. The SMILES string of the molecule is CC(C)N(C)c1nnn(C)n1. The molecule has 62 valence electrons. The molecule has 0 unspecified atom stereocenters. The molecule has 0 amide bonds. The van der Waals surface area contributed by atoms with E-state index in [1.807, 2.05) is 11.9 Å². The maximum Gasteiger partial charge on any atom is 0.266 e. The number of anilines is 1. The van der Waals surface area contributed by atoms with E-state index in [4.69, 9.17) is 0 Å². The van der Waals surface area contributed by atoms with E-state index in [0.29, 0.717) is 12.0 Å². The third-order valence-electron chi connectivity index (χ3n) is 1.59. The number of aromatic nitrogens is 4. The zero-order valence-corrected chi connectivity index (χ0v) is 7.31. The number of tetrazole rings is 1. The lowest BCUT2D eigenvalue weighted by molar-refractivity contribution is 0.628. The minimum absolute atomic E-state index is 0.402. The minimum atomic E-state index is 0.402. The lowest BCUT2D eigenvalue weighted by Crippen LogP contribution is -2.26. The molecule has 0 saturated heterocycles. The summed E-state index contributed by atoms with van der Waals surface area (Å²) in [5.41, 5.74) is 0. The van der Waals surface area contributed by atoms with Crippen LogP contribution in [0.3, 0.4) is 0 Å². The number of hydrogen-bond donors (Lipinski definition) is 0. The standard InChI is InChI=1S/C6H13N5/c1-5(2)10(3)6-7-9-11(4)8-6/h5H,1-4H3. The molecular weight excluding hydrogens is 142 g/mol. The van der Waals surface area contributed by atoms with E-state index in [2.05, 4.69) is 29.3 Å². The molecule has 1 rings (SSSR count). The van der Waals surface area contributed by atoms with Crippen LogP contribution < -0.4 is 4.90 Å². The molecule has 5 nitrogen and oxygen atoms in total. The van der Waals surface area contributed by atoms with Crippen molar-refractivity contribution in [2.24, 2.45) is 7.05 Å². The Kier molecular flexibility index (Phi) is 2.07. The van der Waals surface area contributed by atoms with Gasteiger partial charge in [-0.3, -0.25) is 0 Å². The monoisotopic (exact) mass is 155 g/mol. The van der Waals surface area contributed by atoms with Crippen LogP contribution in [0.2, 0.25) is 0 Å². The molecule has 0 fully saturated rings. The summed E-state index contributed by atoms with van der Waals surface area (Å²) in [4.78, 5) is 3.42. The first-order valence-corrected chi connectivity index (χ1v) is 3.58. The molecule has 0 bridgehead atoms. The first-order valence-electron chi connectivity index (χ1n) is 3.58. The Hall–Kier alpha value is -1.13. The highest BCUT2D eigenvalue weighted by Gasteiger charge is 2.08. The van der Waals surface area contributed by atoms with Gasteiger partial charge < -0.3 is 4.90 Å². The van der Waals surface area contributed by atoms with Gasteiger partial charge >= 0.3 is 0 Å². The fourth-order valence-corrected chi connectivity index (χ4v) is 0.646. The average molecular weight is 155 g/mol. The largest absolute Gasteiger partial charge is 0.339 e. The van der Waals surface area contributed by atoms with Crippen LogP contribution in [-0.4, -0.2) is 33.3 Å². The quantitative estimate of drug-likeness (QED) is 0.605. The molecule has 0 spiro atoms. The van der Waals surface area contributed by atoms with Gasteiger partial charge in [-0.25, -0.2) is 0 Å². The second-order valence-electron chi connectivity index (χ2n) is 2.78. The maximum atomic E-state index is 4.05. The molecule has 1 aromatic rings. The second kappa shape index (κ2) is 2.86. The molecule has 0 atom stereocenters. The number of aryl methyl sites for hydroxylation is 1. The number of nitrogens with zero attached hydrogens (tertiary/aromatic N) is 5. The van der Waals surface area contributed by atoms with Gasteiger partial charge in [0.1, 0.15) is 0 Å². The summed E-state index contributed by atoms with van der Waals surface area (Å²) in [6.45, 7) is 4.16. The Morgan fingerprint density at radius 3 is 2.45 bits per heavy atom. The molecule has 0 radical (unpaired) electrons. The fourth-order valence-electron chi connectivity index (χ4n) is 0.646. The Labute approximate surface area is 66.0 Å². The molecule has 0 aliphatic carbocycles. The minimum Gasteiger partial charge on any atom is -0.339 e. The number of rotatable bonds is 2. The summed E-state index contributed by atoms with van der Waals surface area (Å²) in [6.07, 6.45) is 0. The summed E-state index contributed by atoms with van der Waals surface area (Å²) in [7, 11) is 3.70. The molecule has 0 aliphatic rings. The van der Waals surface area contributed by atoms with Crippen LogP contribution in [0.4, 0.5) is 5.95 Å². The predicted molar refractivity (Wildman–Crippen MR) is 42.3 cm³/mol. The summed E-state index contributed by atoms with van der Waals surface area (Å²) in [5, 5.41) is 11.7. The van der Waals surface area contributed by atoms with Crippen molar-refractivity contribution < 1.29 is 0 Å². The highest BCUT2D eigenvalue weighted by atomic mass is 15.6. The Morgan fingerprint density at radius 1 is 1.45 bits per heavy atom. The number of hydrogen-bond acceptors (Lipinski definition) is 4. The summed E-state index contributed by atoms with van der Waals surface area (Å²) in [5.74, 6) is 0.669.